The third-order valence-corrected chi connectivity index (χ3v) is 3.14. The van der Waals surface area contributed by atoms with Gasteiger partial charge in [-0.05, 0) is 12.1 Å². The summed E-state index contributed by atoms with van der Waals surface area (Å²) in [5.74, 6) is 0. The lowest BCUT2D eigenvalue weighted by atomic mass is 10.1. The molecule has 0 aliphatic carbocycles. The predicted octanol–water partition coefficient (Wildman–Crippen LogP) is 4.34. The fourth-order valence-electron chi connectivity index (χ4n) is 1.61. The van der Waals surface area contributed by atoms with E-state index in [9.17, 15) is 0 Å². The Balaban J connectivity index is 0.000000205. The summed E-state index contributed by atoms with van der Waals surface area (Å²) in [5.41, 5.74) is 0. The Morgan fingerprint density at radius 1 is 0.571 bits per heavy atom. The van der Waals surface area contributed by atoms with E-state index >= 15 is 0 Å². The second-order valence-electron chi connectivity index (χ2n) is 3.84. The zero-order valence-electron chi connectivity index (χ0n) is 11.2. The van der Waals surface area contributed by atoms with E-state index in [0.29, 0.717) is 0 Å². The molecule has 0 atom stereocenters. The minimum absolute atomic E-state index is 0. The highest BCUT2D eigenvalue weighted by molar-refractivity contribution is 6.40. The molecule has 2 nitrogen and oxygen atoms in total. The molecule has 0 aliphatic heterocycles. The van der Waals surface area contributed by atoms with Crippen molar-refractivity contribution >= 4 is 41.7 Å². The zero-order chi connectivity index (χ0) is 15.5. The molecule has 0 bridgehead atoms. The fraction of sp³-hybridized carbons (Fsp3) is 0. The van der Waals surface area contributed by atoms with Crippen LogP contribution in [0.15, 0.2) is 72.8 Å². The molecular weight excluding hydrogens is 306 g/mol. The zero-order valence-corrected chi connectivity index (χ0v) is 12.7. The first-order valence-electron chi connectivity index (χ1n) is 6.13. The van der Waals surface area contributed by atoms with E-state index in [1.165, 1.54) is 0 Å². The molecular formula is C16H14BCl2O2. The van der Waals surface area contributed by atoms with Crippen molar-refractivity contribution in [3.05, 3.63) is 82.8 Å². The third-order valence-electron chi connectivity index (χ3n) is 2.48. The molecule has 3 aromatic carbocycles. The van der Waals surface area contributed by atoms with E-state index in [0.717, 1.165) is 20.8 Å². The molecule has 1 radical (unpaired) electrons. The SMILES string of the molecule is Clc1ccc(Cl)c2ccccc12.O[B]O.c1ccccc1. The first-order chi connectivity index (χ1) is 10.2. The highest BCUT2D eigenvalue weighted by Crippen LogP contribution is 2.28. The van der Waals surface area contributed by atoms with Crippen LogP contribution in [-0.2, 0) is 0 Å². The van der Waals surface area contributed by atoms with Gasteiger partial charge in [-0.1, -0.05) is 83.9 Å². The maximum Gasteiger partial charge on any atom is 0.482 e. The minimum Gasteiger partial charge on any atom is -0.429 e. The number of hydrogen-bond acceptors (Lipinski definition) is 2. The number of halogens is 2. The summed E-state index contributed by atoms with van der Waals surface area (Å²) in [6.07, 6.45) is 0. The molecule has 3 rings (SSSR count). The predicted molar refractivity (Wildman–Crippen MR) is 90.6 cm³/mol. The molecule has 0 saturated heterocycles. The van der Waals surface area contributed by atoms with E-state index in [1.807, 2.05) is 72.8 Å². The maximum atomic E-state index is 7.00. The first kappa shape index (κ1) is 17.5. The van der Waals surface area contributed by atoms with E-state index in [2.05, 4.69) is 0 Å². The average molecular weight is 320 g/mol. The van der Waals surface area contributed by atoms with Gasteiger partial charge in [-0.15, -0.1) is 0 Å². The summed E-state index contributed by atoms with van der Waals surface area (Å²) >= 11 is 11.9. The van der Waals surface area contributed by atoms with Gasteiger partial charge in [0, 0.05) is 20.8 Å². The molecule has 0 spiro atoms. The number of fused-ring (bicyclic) bond motifs is 1. The third kappa shape index (κ3) is 6.19. The Labute approximate surface area is 134 Å². The highest BCUT2D eigenvalue weighted by Gasteiger charge is 2.00. The van der Waals surface area contributed by atoms with Crippen LogP contribution in [0.5, 0.6) is 0 Å². The smallest absolute Gasteiger partial charge is 0.429 e. The van der Waals surface area contributed by atoms with Gasteiger partial charge in [-0.2, -0.15) is 0 Å². The Morgan fingerprint density at radius 3 is 1.14 bits per heavy atom. The van der Waals surface area contributed by atoms with Gasteiger partial charge in [0.15, 0.2) is 0 Å². The van der Waals surface area contributed by atoms with E-state index < -0.39 is 0 Å². The monoisotopic (exact) mass is 319 g/mol. The van der Waals surface area contributed by atoms with E-state index in [4.69, 9.17) is 33.2 Å². The first-order valence-corrected chi connectivity index (χ1v) is 6.89. The second-order valence-corrected chi connectivity index (χ2v) is 4.66. The van der Waals surface area contributed by atoms with Crippen LogP contribution in [0.2, 0.25) is 10.0 Å². The molecule has 0 heterocycles. The van der Waals surface area contributed by atoms with Crippen LogP contribution >= 0.6 is 23.2 Å². The van der Waals surface area contributed by atoms with Gasteiger partial charge in [0.2, 0.25) is 0 Å². The van der Waals surface area contributed by atoms with Gasteiger partial charge in [0.1, 0.15) is 0 Å². The van der Waals surface area contributed by atoms with Crippen LogP contribution in [0.1, 0.15) is 0 Å². The lowest BCUT2D eigenvalue weighted by Gasteiger charge is -2.00. The second kappa shape index (κ2) is 10.2. The van der Waals surface area contributed by atoms with Gasteiger partial charge >= 0.3 is 7.69 Å². The molecule has 0 unspecified atom stereocenters. The van der Waals surface area contributed by atoms with Crippen molar-refractivity contribution in [3.8, 4) is 0 Å². The maximum absolute atomic E-state index is 7.00. The number of benzene rings is 3. The summed E-state index contributed by atoms with van der Waals surface area (Å²) in [4.78, 5) is 0. The quantitative estimate of drug-likeness (QED) is 0.605. The Hall–Kier alpha value is -1.52. The van der Waals surface area contributed by atoms with Crippen LogP contribution in [0.3, 0.4) is 0 Å². The van der Waals surface area contributed by atoms with Crippen LogP contribution in [-0.4, -0.2) is 17.7 Å². The summed E-state index contributed by atoms with van der Waals surface area (Å²) in [6, 6.07) is 23.4. The van der Waals surface area contributed by atoms with Gasteiger partial charge in [-0.25, -0.2) is 0 Å². The molecule has 0 fully saturated rings. The molecule has 107 valence electrons. The number of rotatable bonds is 0. The van der Waals surface area contributed by atoms with Gasteiger partial charge in [-0.3, -0.25) is 0 Å². The number of hydrogen-bond donors (Lipinski definition) is 2. The standard InChI is InChI=1S/C10H6Cl2.C6H6.BH2O2/c11-9-5-6-10(12)8-4-2-1-3-7(8)9;1-2-4-6-5-3-1;2-1-3/h1-6H;1-6H;2-3H. The summed E-state index contributed by atoms with van der Waals surface area (Å²) in [7, 11) is 0. The molecule has 0 aromatic heterocycles. The van der Waals surface area contributed by atoms with Crippen LogP contribution in [0, 0.1) is 0 Å². The Morgan fingerprint density at radius 2 is 0.857 bits per heavy atom. The molecule has 3 aromatic rings. The van der Waals surface area contributed by atoms with Crippen LogP contribution in [0.25, 0.3) is 10.8 Å². The van der Waals surface area contributed by atoms with Gasteiger partial charge < -0.3 is 10.0 Å². The van der Waals surface area contributed by atoms with Gasteiger partial charge in [0.05, 0.1) is 0 Å². The van der Waals surface area contributed by atoms with Crippen molar-refractivity contribution in [3.63, 3.8) is 0 Å². The molecule has 0 aliphatic rings. The summed E-state index contributed by atoms with van der Waals surface area (Å²) < 4.78 is 0. The largest absolute Gasteiger partial charge is 0.482 e. The molecule has 0 amide bonds. The van der Waals surface area contributed by atoms with Crippen molar-refractivity contribution in [1.82, 2.24) is 0 Å². The Kier molecular flexibility index (Phi) is 8.56. The average Bonchev–Trinajstić information content (AvgIpc) is 2.54. The molecule has 2 N–H and O–H groups in total. The minimum atomic E-state index is 0. The molecule has 5 heteroatoms. The fourth-order valence-corrected chi connectivity index (χ4v) is 2.07. The lowest BCUT2D eigenvalue weighted by Crippen LogP contribution is -1.75. The Bertz CT molecular complexity index is 581. The van der Waals surface area contributed by atoms with Crippen molar-refractivity contribution in [2.24, 2.45) is 0 Å². The highest BCUT2D eigenvalue weighted by atomic mass is 35.5. The van der Waals surface area contributed by atoms with E-state index in [-0.39, 0.29) is 7.69 Å². The van der Waals surface area contributed by atoms with Gasteiger partial charge in [0.25, 0.3) is 0 Å². The lowest BCUT2D eigenvalue weighted by molar-refractivity contribution is 0.448. The van der Waals surface area contributed by atoms with Crippen molar-refractivity contribution in [2.75, 3.05) is 0 Å². The van der Waals surface area contributed by atoms with E-state index in [1.54, 1.807) is 0 Å². The van der Waals surface area contributed by atoms with Crippen molar-refractivity contribution in [2.45, 2.75) is 0 Å². The topological polar surface area (TPSA) is 40.5 Å². The summed E-state index contributed by atoms with van der Waals surface area (Å²) in [6.45, 7) is 0. The van der Waals surface area contributed by atoms with Crippen LogP contribution in [0.4, 0.5) is 0 Å². The van der Waals surface area contributed by atoms with Crippen molar-refractivity contribution < 1.29 is 10.0 Å². The van der Waals surface area contributed by atoms with Crippen LogP contribution < -0.4 is 0 Å². The normalized spacial score (nSPS) is 8.95. The summed E-state index contributed by atoms with van der Waals surface area (Å²) in [5, 5.41) is 17.5. The van der Waals surface area contributed by atoms with Crippen molar-refractivity contribution in [1.29, 1.82) is 0 Å². The molecule has 0 saturated carbocycles. The molecule has 21 heavy (non-hydrogen) atoms.